The monoisotopic (exact) mass is 338 g/mol. The number of para-hydroxylation sites is 1. The van der Waals surface area contributed by atoms with Gasteiger partial charge in [0.1, 0.15) is 0 Å². The molecule has 0 atom stereocenters. The molecule has 0 aromatic heterocycles. The number of aryl methyl sites for hydroxylation is 1. The predicted molar refractivity (Wildman–Crippen MR) is 96.9 cm³/mol. The lowest BCUT2D eigenvalue weighted by atomic mass is 10.0. The summed E-state index contributed by atoms with van der Waals surface area (Å²) in [7, 11) is 0. The normalized spacial score (nSPS) is 14.0. The van der Waals surface area contributed by atoms with Gasteiger partial charge in [-0.05, 0) is 36.6 Å². The van der Waals surface area contributed by atoms with Gasteiger partial charge in [-0.15, -0.1) is 0 Å². The van der Waals surface area contributed by atoms with Crippen molar-refractivity contribution in [3.8, 4) is 0 Å². The molecular weight excluding hydrogens is 320 g/mol. The van der Waals surface area contributed by atoms with E-state index in [0.717, 1.165) is 25.1 Å². The van der Waals surface area contributed by atoms with Crippen LogP contribution in [-0.4, -0.2) is 23.1 Å². The molecule has 1 heterocycles. The van der Waals surface area contributed by atoms with Crippen LogP contribution in [0.25, 0.3) is 0 Å². The number of nitrogens with one attached hydrogen (secondary N) is 1. The zero-order valence-corrected chi connectivity index (χ0v) is 13.8. The number of carbonyl (C=O) groups excluding carboxylic acids is 1. The van der Waals surface area contributed by atoms with Crippen LogP contribution in [0.4, 0.5) is 17.1 Å². The van der Waals surface area contributed by atoms with E-state index < -0.39 is 4.92 Å². The maximum absolute atomic E-state index is 12.1. The number of nitro groups is 1. The molecule has 7 heteroatoms. The van der Waals surface area contributed by atoms with Crippen molar-refractivity contribution in [2.75, 3.05) is 16.9 Å². The number of carbonyl (C=O) groups is 1. The molecule has 2 aromatic rings. The summed E-state index contributed by atoms with van der Waals surface area (Å²) in [4.78, 5) is 24.3. The largest absolute Gasteiger partial charge is 0.322 e. The number of anilines is 2. The number of ketones is 1. The second-order valence-electron chi connectivity index (χ2n) is 5.79. The third-order valence-corrected chi connectivity index (χ3v) is 4.05. The van der Waals surface area contributed by atoms with Crippen molar-refractivity contribution >= 4 is 28.7 Å². The van der Waals surface area contributed by atoms with E-state index in [9.17, 15) is 14.9 Å². The number of rotatable bonds is 4. The molecule has 2 aromatic carbocycles. The van der Waals surface area contributed by atoms with Crippen LogP contribution >= 0.6 is 0 Å². The zero-order chi connectivity index (χ0) is 17.8. The van der Waals surface area contributed by atoms with Crippen LogP contribution < -0.4 is 10.3 Å². The molecule has 0 saturated heterocycles. The molecule has 7 nitrogen and oxygen atoms in total. The van der Waals surface area contributed by atoms with E-state index in [0.29, 0.717) is 11.5 Å². The van der Waals surface area contributed by atoms with Gasteiger partial charge >= 0.3 is 0 Å². The topological polar surface area (TPSA) is 87.8 Å². The highest BCUT2D eigenvalue weighted by atomic mass is 16.6. The molecule has 0 unspecified atom stereocenters. The first-order valence-electron chi connectivity index (χ1n) is 8.01. The van der Waals surface area contributed by atoms with Gasteiger partial charge in [0.2, 0.25) is 0 Å². The summed E-state index contributed by atoms with van der Waals surface area (Å²) in [6.45, 7) is 2.20. The molecule has 0 aliphatic carbocycles. The number of nitro benzene ring substituents is 1. The van der Waals surface area contributed by atoms with E-state index in [1.54, 1.807) is 12.1 Å². The number of nitrogens with zero attached hydrogens (tertiary/aromatic N) is 3. The number of non-ortho nitro benzene ring substituents is 1. The lowest BCUT2D eigenvalue weighted by Crippen LogP contribution is -2.39. The van der Waals surface area contributed by atoms with Crippen molar-refractivity contribution in [1.29, 1.82) is 0 Å². The fourth-order valence-electron chi connectivity index (χ4n) is 2.86. The van der Waals surface area contributed by atoms with Gasteiger partial charge in [0.05, 0.1) is 10.6 Å². The molecule has 0 radical (unpaired) electrons. The Labute approximate surface area is 145 Å². The Hall–Kier alpha value is -3.22. The van der Waals surface area contributed by atoms with Crippen LogP contribution in [0.15, 0.2) is 53.6 Å². The molecule has 3 rings (SSSR count). The van der Waals surface area contributed by atoms with Crippen LogP contribution in [-0.2, 0) is 11.2 Å². The highest BCUT2D eigenvalue weighted by Crippen LogP contribution is 2.27. The number of amidine groups is 1. The van der Waals surface area contributed by atoms with Crippen LogP contribution in [0.1, 0.15) is 18.9 Å². The number of hydrazone groups is 1. The summed E-state index contributed by atoms with van der Waals surface area (Å²) in [5.74, 6) is 0.177. The third-order valence-electron chi connectivity index (χ3n) is 4.05. The number of fused-ring (bicyclic) bond motifs is 1. The Morgan fingerprint density at radius 3 is 2.60 bits per heavy atom. The van der Waals surface area contributed by atoms with Crippen LogP contribution in [0.5, 0.6) is 0 Å². The SMILES string of the molecule is CC(=O)/C(=N\Nc1ccc([N+](=O)[O-])cc1)N1CCCc2ccccc21. The van der Waals surface area contributed by atoms with Crippen LogP contribution in [0, 0.1) is 10.1 Å². The van der Waals surface area contributed by atoms with Gasteiger partial charge in [-0.3, -0.25) is 20.3 Å². The molecule has 0 bridgehead atoms. The number of Topliss-reactive ketones (excluding diaryl/α,β-unsaturated/α-hetero) is 1. The highest BCUT2D eigenvalue weighted by Gasteiger charge is 2.23. The molecular formula is C18H18N4O3. The van der Waals surface area contributed by atoms with Gasteiger partial charge in [0.25, 0.3) is 5.69 Å². The summed E-state index contributed by atoms with van der Waals surface area (Å²) < 4.78 is 0. The standard InChI is InChI=1S/C18H18N4O3/c1-13(23)18(20-19-15-8-10-16(11-9-15)22(24)25)21-12-4-6-14-5-2-3-7-17(14)21/h2-3,5,7-11,19H,4,6,12H2,1H3/b20-18+. The third kappa shape index (κ3) is 3.65. The summed E-state index contributed by atoms with van der Waals surface area (Å²) in [5, 5.41) is 15.0. The number of hydrogen-bond acceptors (Lipinski definition) is 5. The first-order chi connectivity index (χ1) is 12.1. The van der Waals surface area contributed by atoms with Gasteiger partial charge < -0.3 is 4.90 Å². The molecule has 1 aliphatic rings. The lowest BCUT2D eigenvalue weighted by molar-refractivity contribution is -0.384. The summed E-state index contributed by atoms with van der Waals surface area (Å²) >= 11 is 0. The summed E-state index contributed by atoms with van der Waals surface area (Å²) in [6.07, 6.45) is 1.93. The summed E-state index contributed by atoms with van der Waals surface area (Å²) in [6, 6.07) is 13.9. The van der Waals surface area contributed by atoms with E-state index in [2.05, 4.69) is 16.6 Å². The van der Waals surface area contributed by atoms with Gasteiger partial charge in [-0.1, -0.05) is 18.2 Å². The van der Waals surface area contributed by atoms with Crippen LogP contribution in [0.3, 0.4) is 0 Å². The van der Waals surface area contributed by atoms with E-state index in [1.807, 2.05) is 23.1 Å². The average Bonchev–Trinajstić information content (AvgIpc) is 2.62. The fraction of sp³-hybridized carbons (Fsp3) is 0.222. The molecule has 25 heavy (non-hydrogen) atoms. The van der Waals surface area contributed by atoms with Crippen molar-refractivity contribution in [2.45, 2.75) is 19.8 Å². The maximum Gasteiger partial charge on any atom is 0.269 e. The smallest absolute Gasteiger partial charge is 0.269 e. The van der Waals surface area contributed by atoms with Crippen molar-refractivity contribution in [3.05, 3.63) is 64.2 Å². The zero-order valence-electron chi connectivity index (χ0n) is 13.8. The van der Waals surface area contributed by atoms with Gasteiger partial charge in [-0.25, -0.2) is 0 Å². The van der Waals surface area contributed by atoms with E-state index >= 15 is 0 Å². The first kappa shape index (κ1) is 16.6. The fourth-order valence-corrected chi connectivity index (χ4v) is 2.86. The average molecular weight is 338 g/mol. The Kier molecular flexibility index (Phi) is 4.74. The van der Waals surface area contributed by atoms with Crippen molar-refractivity contribution in [1.82, 2.24) is 0 Å². The highest BCUT2D eigenvalue weighted by molar-refractivity contribution is 6.43. The summed E-state index contributed by atoms with van der Waals surface area (Å²) in [5.41, 5.74) is 5.59. The maximum atomic E-state index is 12.1. The minimum absolute atomic E-state index is 0.00581. The Balaban J connectivity index is 1.85. The Bertz CT molecular complexity index is 830. The predicted octanol–water partition coefficient (Wildman–Crippen LogP) is 3.36. The van der Waals surface area contributed by atoms with E-state index in [4.69, 9.17) is 0 Å². The van der Waals surface area contributed by atoms with Gasteiger partial charge in [0.15, 0.2) is 11.6 Å². The molecule has 0 spiro atoms. The second-order valence-corrected chi connectivity index (χ2v) is 5.79. The minimum Gasteiger partial charge on any atom is -0.322 e. The molecule has 128 valence electrons. The quantitative estimate of drug-likeness (QED) is 0.400. The van der Waals surface area contributed by atoms with Crippen molar-refractivity contribution in [2.24, 2.45) is 5.10 Å². The molecule has 0 saturated carbocycles. The molecule has 1 N–H and O–H groups in total. The van der Waals surface area contributed by atoms with Gasteiger partial charge in [-0.2, -0.15) is 5.10 Å². The lowest BCUT2D eigenvalue weighted by Gasteiger charge is -2.30. The molecule has 0 amide bonds. The number of benzene rings is 2. The Morgan fingerprint density at radius 1 is 1.20 bits per heavy atom. The van der Waals surface area contributed by atoms with Crippen LogP contribution in [0.2, 0.25) is 0 Å². The Morgan fingerprint density at radius 2 is 1.92 bits per heavy atom. The van der Waals surface area contributed by atoms with Crippen molar-refractivity contribution < 1.29 is 9.72 Å². The number of hydrogen-bond donors (Lipinski definition) is 1. The molecule has 0 fully saturated rings. The van der Waals surface area contributed by atoms with E-state index in [-0.39, 0.29) is 11.5 Å². The molecule has 1 aliphatic heterocycles. The minimum atomic E-state index is -0.460. The first-order valence-corrected chi connectivity index (χ1v) is 8.01. The van der Waals surface area contributed by atoms with E-state index in [1.165, 1.54) is 24.6 Å². The second kappa shape index (κ2) is 7.12. The van der Waals surface area contributed by atoms with Crippen molar-refractivity contribution in [3.63, 3.8) is 0 Å². The van der Waals surface area contributed by atoms with Gasteiger partial charge in [0, 0.05) is 31.3 Å².